The van der Waals surface area contributed by atoms with Gasteiger partial charge in [0.25, 0.3) is 5.91 Å². The molecular weight excluding hydrogens is 350 g/mol. The highest BCUT2D eigenvalue weighted by molar-refractivity contribution is 7.11. The Morgan fingerprint density at radius 1 is 1.35 bits per heavy atom. The molecule has 26 heavy (non-hydrogen) atoms. The van der Waals surface area contributed by atoms with Gasteiger partial charge in [0.2, 0.25) is 5.91 Å². The highest BCUT2D eigenvalue weighted by Gasteiger charge is 2.50. The summed E-state index contributed by atoms with van der Waals surface area (Å²) in [6, 6.07) is 1.80. The van der Waals surface area contributed by atoms with E-state index in [0.717, 1.165) is 25.7 Å². The lowest BCUT2D eigenvalue weighted by molar-refractivity contribution is -0.127. The lowest BCUT2D eigenvalue weighted by Crippen LogP contribution is -2.46. The molecule has 2 amide bonds. The van der Waals surface area contributed by atoms with Crippen molar-refractivity contribution in [2.45, 2.75) is 45.1 Å². The van der Waals surface area contributed by atoms with Crippen molar-refractivity contribution in [1.82, 2.24) is 20.3 Å². The molecule has 0 bridgehead atoms. The molecule has 1 saturated heterocycles. The maximum absolute atomic E-state index is 13.2. The van der Waals surface area contributed by atoms with Crippen LogP contribution in [0.2, 0.25) is 0 Å². The first-order valence-electron chi connectivity index (χ1n) is 8.89. The van der Waals surface area contributed by atoms with Crippen LogP contribution in [0, 0.1) is 12.3 Å². The van der Waals surface area contributed by atoms with Crippen molar-refractivity contribution >= 4 is 29.0 Å². The van der Waals surface area contributed by atoms with Gasteiger partial charge in [0.1, 0.15) is 11.6 Å². The summed E-state index contributed by atoms with van der Waals surface area (Å²) in [6.07, 6.45) is 7.51. The topological polar surface area (TPSA) is 88.1 Å². The standard InChI is InChI=1S/C18H21N5O2S/c1-12-19-7-4-14(21-12)23-9-6-18(17(23)25)5-2-3-13(11-18)22-15(24)16-20-8-10-26-16/h4,7-8,10,13H,2-3,5-6,9,11H2,1H3,(H,22,24)/t13?,18-/m0/s1. The highest BCUT2D eigenvalue weighted by Crippen LogP contribution is 2.45. The molecule has 0 aromatic carbocycles. The number of aryl methyl sites for hydroxylation is 1. The van der Waals surface area contributed by atoms with E-state index in [4.69, 9.17) is 0 Å². The molecule has 0 radical (unpaired) electrons. The Morgan fingerprint density at radius 2 is 2.23 bits per heavy atom. The minimum Gasteiger partial charge on any atom is -0.347 e. The predicted octanol–water partition coefficient (Wildman–Crippen LogP) is 2.34. The van der Waals surface area contributed by atoms with Gasteiger partial charge in [-0.3, -0.25) is 14.5 Å². The van der Waals surface area contributed by atoms with Crippen LogP contribution in [-0.2, 0) is 4.79 Å². The number of hydrogen-bond acceptors (Lipinski definition) is 6. The third-order valence-corrected chi connectivity index (χ3v) is 6.13. The molecule has 7 nitrogen and oxygen atoms in total. The van der Waals surface area contributed by atoms with Crippen molar-refractivity contribution in [3.63, 3.8) is 0 Å². The molecule has 2 atom stereocenters. The maximum Gasteiger partial charge on any atom is 0.280 e. The van der Waals surface area contributed by atoms with Gasteiger partial charge in [-0.1, -0.05) is 6.42 Å². The van der Waals surface area contributed by atoms with Crippen LogP contribution in [0.15, 0.2) is 23.8 Å². The first-order valence-corrected chi connectivity index (χ1v) is 9.77. The van der Waals surface area contributed by atoms with Crippen molar-refractivity contribution in [3.05, 3.63) is 34.7 Å². The summed E-state index contributed by atoms with van der Waals surface area (Å²) in [4.78, 5) is 39.9. The fourth-order valence-electron chi connectivity index (χ4n) is 4.12. The van der Waals surface area contributed by atoms with E-state index < -0.39 is 5.41 Å². The number of nitrogens with one attached hydrogen (secondary N) is 1. The molecular formula is C18H21N5O2S. The first-order chi connectivity index (χ1) is 12.6. The van der Waals surface area contributed by atoms with Gasteiger partial charge in [-0.15, -0.1) is 11.3 Å². The van der Waals surface area contributed by atoms with Crippen LogP contribution >= 0.6 is 11.3 Å². The molecule has 3 heterocycles. The van der Waals surface area contributed by atoms with E-state index in [1.54, 1.807) is 28.7 Å². The lowest BCUT2D eigenvalue weighted by atomic mass is 9.71. The second-order valence-electron chi connectivity index (χ2n) is 7.05. The number of hydrogen-bond donors (Lipinski definition) is 1. The van der Waals surface area contributed by atoms with Gasteiger partial charge in [-0.2, -0.15) is 0 Å². The van der Waals surface area contributed by atoms with E-state index in [1.165, 1.54) is 11.3 Å². The summed E-state index contributed by atoms with van der Waals surface area (Å²) in [5, 5.41) is 5.33. The SMILES string of the molecule is Cc1nccc(N2CC[C@]3(CCCC(NC(=O)c4nccs4)C3)C2=O)n1. The molecule has 2 fully saturated rings. The molecule has 1 aliphatic carbocycles. The predicted molar refractivity (Wildman–Crippen MR) is 98.0 cm³/mol. The minimum absolute atomic E-state index is 0.0104. The Labute approximate surface area is 155 Å². The van der Waals surface area contributed by atoms with Crippen molar-refractivity contribution in [1.29, 1.82) is 0 Å². The van der Waals surface area contributed by atoms with Crippen LogP contribution in [0.5, 0.6) is 0 Å². The largest absolute Gasteiger partial charge is 0.347 e. The Hall–Kier alpha value is -2.35. The number of thiazole rings is 1. The molecule has 1 saturated carbocycles. The molecule has 1 spiro atoms. The number of carbonyl (C=O) groups is 2. The van der Waals surface area contributed by atoms with E-state index in [9.17, 15) is 9.59 Å². The average Bonchev–Trinajstić information content (AvgIpc) is 3.26. The second-order valence-corrected chi connectivity index (χ2v) is 7.95. The first kappa shape index (κ1) is 17.1. The van der Waals surface area contributed by atoms with Gasteiger partial charge in [-0.25, -0.2) is 15.0 Å². The molecule has 8 heteroatoms. The number of rotatable bonds is 3. The zero-order valence-electron chi connectivity index (χ0n) is 14.6. The quantitative estimate of drug-likeness (QED) is 0.895. The van der Waals surface area contributed by atoms with Crippen LogP contribution in [0.4, 0.5) is 5.82 Å². The van der Waals surface area contributed by atoms with Crippen molar-refractivity contribution < 1.29 is 9.59 Å². The van der Waals surface area contributed by atoms with Gasteiger partial charge < -0.3 is 5.32 Å². The third-order valence-electron chi connectivity index (χ3n) is 5.36. The normalized spacial score (nSPS) is 25.7. The summed E-state index contributed by atoms with van der Waals surface area (Å²) >= 11 is 1.33. The van der Waals surface area contributed by atoms with Crippen molar-refractivity contribution in [2.24, 2.45) is 5.41 Å². The third kappa shape index (κ3) is 3.09. The molecule has 4 rings (SSSR count). The van der Waals surface area contributed by atoms with Gasteiger partial charge in [0, 0.05) is 30.4 Å². The van der Waals surface area contributed by atoms with Crippen LogP contribution in [0.25, 0.3) is 0 Å². The smallest absolute Gasteiger partial charge is 0.280 e. The monoisotopic (exact) mass is 371 g/mol. The Kier molecular flexibility index (Phi) is 4.44. The molecule has 2 aromatic heterocycles. The van der Waals surface area contributed by atoms with Gasteiger partial charge in [0.15, 0.2) is 5.01 Å². The number of aromatic nitrogens is 3. The van der Waals surface area contributed by atoms with Gasteiger partial charge in [0.05, 0.1) is 5.41 Å². The van der Waals surface area contributed by atoms with Crippen molar-refractivity contribution in [2.75, 3.05) is 11.4 Å². The number of carbonyl (C=O) groups excluding carboxylic acids is 2. The molecule has 1 N–H and O–H groups in total. The van der Waals surface area contributed by atoms with Gasteiger partial charge >= 0.3 is 0 Å². The Bertz CT molecular complexity index is 825. The zero-order valence-corrected chi connectivity index (χ0v) is 15.5. The van der Waals surface area contributed by atoms with Crippen LogP contribution in [0.1, 0.15) is 47.7 Å². The average molecular weight is 371 g/mol. The summed E-state index contributed by atoms with van der Waals surface area (Å²) in [7, 11) is 0. The summed E-state index contributed by atoms with van der Waals surface area (Å²) in [5.74, 6) is 1.32. The summed E-state index contributed by atoms with van der Waals surface area (Å²) < 4.78 is 0. The molecule has 2 aliphatic rings. The highest BCUT2D eigenvalue weighted by atomic mass is 32.1. The number of anilines is 1. The van der Waals surface area contributed by atoms with Gasteiger partial charge in [-0.05, 0) is 38.7 Å². The Balaban J connectivity index is 1.48. The molecule has 136 valence electrons. The Morgan fingerprint density at radius 3 is 3.00 bits per heavy atom. The molecule has 1 aliphatic heterocycles. The lowest BCUT2D eigenvalue weighted by Gasteiger charge is -2.36. The molecule has 2 aromatic rings. The van der Waals surface area contributed by atoms with E-state index in [-0.39, 0.29) is 17.9 Å². The zero-order chi connectivity index (χ0) is 18.1. The second kappa shape index (κ2) is 6.75. The van der Waals surface area contributed by atoms with E-state index in [1.807, 2.05) is 6.92 Å². The number of amides is 2. The summed E-state index contributed by atoms with van der Waals surface area (Å²) in [6.45, 7) is 2.49. The molecule has 1 unspecified atom stereocenters. The van der Waals surface area contributed by atoms with Crippen LogP contribution < -0.4 is 10.2 Å². The maximum atomic E-state index is 13.2. The van der Waals surface area contributed by atoms with E-state index in [2.05, 4.69) is 20.3 Å². The van der Waals surface area contributed by atoms with E-state index >= 15 is 0 Å². The van der Waals surface area contributed by atoms with Crippen molar-refractivity contribution in [3.8, 4) is 0 Å². The van der Waals surface area contributed by atoms with E-state index in [0.29, 0.717) is 29.6 Å². The van der Waals surface area contributed by atoms with Crippen LogP contribution in [-0.4, -0.2) is 39.4 Å². The number of nitrogens with zero attached hydrogens (tertiary/aromatic N) is 4. The fourth-order valence-corrected chi connectivity index (χ4v) is 4.66. The fraction of sp³-hybridized carbons (Fsp3) is 0.500. The minimum atomic E-state index is -0.391. The summed E-state index contributed by atoms with van der Waals surface area (Å²) in [5.41, 5.74) is -0.391. The van der Waals surface area contributed by atoms with Crippen LogP contribution in [0.3, 0.4) is 0 Å².